The number of carbonyl (C=O) groups is 1. The molecule has 1 N–H and O–H groups in total. The SMILES string of the molecule is COCOC[C@]1(c2ccccc2)C[C@@]1(C)C(=O)O. The van der Waals surface area contributed by atoms with Crippen LogP contribution in [-0.4, -0.2) is 31.6 Å². The highest BCUT2D eigenvalue weighted by Crippen LogP contribution is 2.64. The molecule has 1 aromatic rings. The van der Waals surface area contributed by atoms with Crippen LogP contribution in [0.15, 0.2) is 30.3 Å². The molecule has 0 bridgehead atoms. The van der Waals surface area contributed by atoms with Crippen molar-refractivity contribution in [1.29, 1.82) is 0 Å². The van der Waals surface area contributed by atoms with Gasteiger partial charge in [0.2, 0.25) is 0 Å². The molecule has 1 saturated carbocycles. The van der Waals surface area contributed by atoms with Crippen LogP contribution in [0.1, 0.15) is 18.9 Å². The van der Waals surface area contributed by atoms with E-state index in [9.17, 15) is 9.90 Å². The van der Waals surface area contributed by atoms with E-state index in [0.717, 1.165) is 5.56 Å². The van der Waals surface area contributed by atoms with E-state index in [0.29, 0.717) is 13.0 Å². The van der Waals surface area contributed by atoms with Crippen LogP contribution in [0.5, 0.6) is 0 Å². The number of ether oxygens (including phenoxy) is 2. The van der Waals surface area contributed by atoms with Gasteiger partial charge in [-0.25, -0.2) is 0 Å². The van der Waals surface area contributed by atoms with Crippen molar-refractivity contribution in [2.75, 3.05) is 20.5 Å². The summed E-state index contributed by atoms with van der Waals surface area (Å²) in [6.07, 6.45) is 0.600. The lowest BCUT2D eigenvalue weighted by atomic mass is 9.87. The maximum Gasteiger partial charge on any atom is 0.310 e. The summed E-state index contributed by atoms with van der Waals surface area (Å²) in [4.78, 5) is 11.4. The van der Waals surface area contributed by atoms with Crippen LogP contribution in [0, 0.1) is 5.41 Å². The zero-order valence-electron chi connectivity index (χ0n) is 10.7. The van der Waals surface area contributed by atoms with Gasteiger partial charge < -0.3 is 14.6 Å². The summed E-state index contributed by atoms with van der Waals surface area (Å²) >= 11 is 0. The molecule has 4 nitrogen and oxygen atoms in total. The van der Waals surface area contributed by atoms with Crippen molar-refractivity contribution in [3.8, 4) is 0 Å². The van der Waals surface area contributed by atoms with E-state index in [1.165, 1.54) is 0 Å². The Morgan fingerprint density at radius 1 is 1.39 bits per heavy atom. The van der Waals surface area contributed by atoms with Crippen molar-refractivity contribution in [3.63, 3.8) is 0 Å². The third-order valence-electron chi connectivity index (χ3n) is 3.93. The van der Waals surface area contributed by atoms with Gasteiger partial charge in [0.1, 0.15) is 6.79 Å². The summed E-state index contributed by atoms with van der Waals surface area (Å²) in [6.45, 7) is 2.33. The number of carboxylic acids is 1. The number of rotatable bonds is 6. The van der Waals surface area contributed by atoms with E-state index < -0.39 is 16.8 Å². The van der Waals surface area contributed by atoms with Gasteiger partial charge in [-0.1, -0.05) is 30.3 Å². The van der Waals surface area contributed by atoms with E-state index in [-0.39, 0.29) is 6.79 Å². The van der Waals surface area contributed by atoms with E-state index in [2.05, 4.69) is 0 Å². The molecule has 1 fully saturated rings. The maximum absolute atomic E-state index is 11.4. The zero-order chi connectivity index (χ0) is 13.2. The average molecular weight is 250 g/mol. The first-order chi connectivity index (χ1) is 8.57. The van der Waals surface area contributed by atoms with E-state index in [4.69, 9.17) is 9.47 Å². The number of hydrogen-bond donors (Lipinski definition) is 1. The van der Waals surface area contributed by atoms with Crippen LogP contribution < -0.4 is 0 Å². The van der Waals surface area contributed by atoms with Crippen molar-refractivity contribution in [2.24, 2.45) is 5.41 Å². The summed E-state index contributed by atoms with van der Waals surface area (Å²) in [5.74, 6) is -0.771. The van der Waals surface area contributed by atoms with Crippen LogP contribution >= 0.6 is 0 Å². The minimum Gasteiger partial charge on any atom is -0.481 e. The first-order valence-corrected chi connectivity index (χ1v) is 5.92. The van der Waals surface area contributed by atoms with Crippen molar-refractivity contribution in [1.82, 2.24) is 0 Å². The van der Waals surface area contributed by atoms with Crippen LogP contribution in [0.4, 0.5) is 0 Å². The summed E-state index contributed by atoms with van der Waals surface area (Å²) < 4.78 is 10.3. The van der Waals surface area contributed by atoms with Gasteiger partial charge in [-0.2, -0.15) is 0 Å². The molecule has 1 aliphatic rings. The summed E-state index contributed by atoms with van der Waals surface area (Å²) in [7, 11) is 1.55. The third-order valence-corrected chi connectivity index (χ3v) is 3.93. The maximum atomic E-state index is 11.4. The Bertz CT molecular complexity index is 431. The average Bonchev–Trinajstić information content (AvgIpc) is 3.00. The number of methoxy groups -OCH3 is 1. The molecule has 98 valence electrons. The van der Waals surface area contributed by atoms with E-state index in [1.807, 2.05) is 30.3 Å². The number of hydrogen-bond acceptors (Lipinski definition) is 3. The molecule has 0 aliphatic heterocycles. The van der Waals surface area contributed by atoms with Crippen molar-refractivity contribution >= 4 is 5.97 Å². The van der Waals surface area contributed by atoms with Gasteiger partial charge in [-0.3, -0.25) is 4.79 Å². The lowest BCUT2D eigenvalue weighted by molar-refractivity contribution is -0.144. The second kappa shape index (κ2) is 4.71. The van der Waals surface area contributed by atoms with Gasteiger partial charge in [0.15, 0.2) is 0 Å². The molecular formula is C14H18O4. The van der Waals surface area contributed by atoms with Crippen LogP contribution in [0.2, 0.25) is 0 Å². The lowest BCUT2D eigenvalue weighted by Gasteiger charge is -2.21. The lowest BCUT2D eigenvalue weighted by Crippen LogP contribution is -2.28. The molecule has 2 atom stereocenters. The Morgan fingerprint density at radius 3 is 2.56 bits per heavy atom. The monoisotopic (exact) mass is 250 g/mol. The highest BCUT2D eigenvalue weighted by Gasteiger charge is 2.70. The molecule has 0 heterocycles. The molecule has 4 heteroatoms. The minimum atomic E-state index is -0.771. The smallest absolute Gasteiger partial charge is 0.310 e. The number of aliphatic carboxylic acids is 1. The first kappa shape index (κ1) is 13.1. The largest absolute Gasteiger partial charge is 0.481 e. The predicted octanol–water partition coefficient (Wildman–Crippen LogP) is 2.04. The fourth-order valence-corrected chi connectivity index (χ4v) is 2.61. The quantitative estimate of drug-likeness (QED) is 0.620. The Hall–Kier alpha value is -1.39. The second-order valence-electron chi connectivity index (χ2n) is 5.02. The number of benzene rings is 1. The Balaban J connectivity index is 2.24. The Kier molecular flexibility index (Phi) is 3.41. The fraction of sp³-hybridized carbons (Fsp3) is 0.500. The highest BCUT2D eigenvalue weighted by molar-refractivity contribution is 5.82. The predicted molar refractivity (Wildman–Crippen MR) is 66.3 cm³/mol. The van der Waals surface area contributed by atoms with Gasteiger partial charge in [0.05, 0.1) is 12.0 Å². The molecule has 1 aromatic carbocycles. The fourth-order valence-electron chi connectivity index (χ4n) is 2.61. The topological polar surface area (TPSA) is 55.8 Å². The molecule has 0 aromatic heterocycles. The highest BCUT2D eigenvalue weighted by atomic mass is 16.7. The van der Waals surface area contributed by atoms with Gasteiger partial charge in [-0.15, -0.1) is 0 Å². The second-order valence-corrected chi connectivity index (χ2v) is 5.02. The number of carboxylic acid groups (broad SMARTS) is 1. The molecule has 0 radical (unpaired) electrons. The molecule has 0 unspecified atom stereocenters. The van der Waals surface area contributed by atoms with Crippen LogP contribution in [-0.2, 0) is 19.7 Å². The van der Waals surface area contributed by atoms with E-state index in [1.54, 1.807) is 14.0 Å². The first-order valence-electron chi connectivity index (χ1n) is 5.92. The third kappa shape index (κ3) is 1.91. The standard InChI is InChI=1S/C14H18O4/c1-13(12(15)16)8-14(13,9-18-10-17-2)11-6-4-3-5-7-11/h3-7H,8-10H2,1-2H3,(H,15,16)/t13-,14-/m0/s1. The van der Waals surface area contributed by atoms with Gasteiger partial charge in [-0.05, 0) is 18.9 Å². The molecule has 1 aliphatic carbocycles. The Labute approximate surface area is 107 Å². The van der Waals surface area contributed by atoms with Gasteiger partial charge in [0, 0.05) is 12.5 Å². The van der Waals surface area contributed by atoms with Crippen LogP contribution in [0.3, 0.4) is 0 Å². The summed E-state index contributed by atoms with van der Waals surface area (Å²) in [5, 5.41) is 9.38. The molecule has 0 spiro atoms. The molecule has 0 saturated heterocycles. The minimum absolute atomic E-state index is 0.185. The molecule has 0 amide bonds. The molecule has 18 heavy (non-hydrogen) atoms. The van der Waals surface area contributed by atoms with E-state index >= 15 is 0 Å². The van der Waals surface area contributed by atoms with Crippen molar-refractivity contribution in [3.05, 3.63) is 35.9 Å². The van der Waals surface area contributed by atoms with Crippen molar-refractivity contribution in [2.45, 2.75) is 18.8 Å². The summed E-state index contributed by atoms with van der Waals surface area (Å²) in [5.41, 5.74) is -0.160. The zero-order valence-corrected chi connectivity index (χ0v) is 10.7. The Morgan fingerprint density at radius 2 is 2.06 bits per heavy atom. The van der Waals surface area contributed by atoms with Gasteiger partial charge in [0.25, 0.3) is 0 Å². The summed E-state index contributed by atoms with van der Waals surface area (Å²) in [6, 6.07) is 9.70. The van der Waals surface area contributed by atoms with Crippen molar-refractivity contribution < 1.29 is 19.4 Å². The molecular weight excluding hydrogens is 232 g/mol. The normalized spacial score (nSPS) is 30.1. The van der Waals surface area contributed by atoms with Crippen LogP contribution in [0.25, 0.3) is 0 Å². The molecule has 2 rings (SSSR count). The van der Waals surface area contributed by atoms with Gasteiger partial charge >= 0.3 is 5.97 Å².